The van der Waals surface area contributed by atoms with Crippen molar-refractivity contribution in [3.05, 3.63) is 53.9 Å². The third-order valence-corrected chi connectivity index (χ3v) is 8.73. The molecular weight excluding hydrogens is 548 g/mol. The lowest BCUT2D eigenvalue weighted by atomic mass is 9.81. The number of aromatic amines is 1. The molecule has 1 unspecified atom stereocenters. The number of aromatic nitrogens is 2. The zero-order valence-electron chi connectivity index (χ0n) is 24.8. The molecular formula is C32H40N6O5. The van der Waals surface area contributed by atoms with E-state index in [4.69, 9.17) is 0 Å². The minimum Gasteiger partial charge on any atom is -0.475 e. The van der Waals surface area contributed by atoms with Gasteiger partial charge in [0.15, 0.2) is 0 Å². The van der Waals surface area contributed by atoms with Gasteiger partial charge in [0.1, 0.15) is 6.04 Å². The number of fused-ring (bicyclic) bond motifs is 1. The van der Waals surface area contributed by atoms with Gasteiger partial charge in [0.2, 0.25) is 23.5 Å². The van der Waals surface area contributed by atoms with Crippen molar-refractivity contribution < 1.29 is 24.3 Å². The maximum atomic E-state index is 13.6. The fraction of sp³-hybridized carbons (Fsp3) is 0.469. The maximum absolute atomic E-state index is 13.6. The van der Waals surface area contributed by atoms with E-state index in [1.54, 1.807) is 25.2 Å². The predicted octanol–water partition coefficient (Wildman–Crippen LogP) is 3.81. The fourth-order valence-corrected chi connectivity index (χ4v) is 6.16. The number of anilines is 2. The van der Waals surface area contributed by atoms with Crippen molar-refractivity contribution in [3.63, 3.8) is 0 Å². The van der Waals surface area contributed by atoms with Crippen LogP contribution in [0.15, 0.2) is 42.5 Å². The van der Waals surface area contributed by atoms with E-state index >= 15 is 0 Å². The first-order chi connectivity index (χ1) is 20.7. The lowest BCUT2D eigenvalue weighted by molar-refractivity contribution is -0.130. The molecule has 0 bridgehead atoms. The SMILES string of the molecule is CC(=O)N(C)c1cccc(CC(NC(=O)C2CCC(CN3CCCC3)CC2)C(=O)Nc2ccc3nc(C(=O)O)[nH]c3c2)c1. The number of carboxylic acids is 1. The number of nitrogens with zero attached hydrogens (tertiary/aromatic N) is 3. The molecule has 3 aromatic rings. The number of benzene rings is 2. The molecule has 3 amide bonds. The summed E-state index contributed by atoms with van der Waals surface area (Å²) in [7, 11) is 1.69. The van der Waals surface area contributed by atoms with Crippen molar-refractivity contribution in [1.29, 1.82) is 0 Å². The van der Waals surface area contributed by atoms with Gasteiger partial charge in [-0.05, 0) is 93.4 Å². The normalized spacial score (nSPS) is 19.6. The Labute approximate surface area is 251 Å². The number of carbonyl (C=O) groups is 4. The Hall–Kier alpha value is -4.25. The highest BCUT2D eigenvalue weighted by molar-refractivity contribution is 5.99. The standard InChI is InChI=1S/C32H40N6O5/c1-20(39)37(2)25-7-5-6-22(16-25)17-28(31(41)33-24-12-13-26-27(18-24)35-29(34-26)32(42)43)36-30(40)23-10-8-21(9-11-23)19-38-14-3-4-15-38/h5-7,12-13,16,18,21,23,28H,3-4,8-11,14-15,17,19H2,1-2H3,(H,33,41)(H,34,35)(H,36,40)(H,42,43). The van der Waals surface area contributed by atoms with Crippen molar-refractivity contribution >= 4 is 46.1 Å². The van der Waals surface area contributed by atoms with Gasteiger partial charge in [-0.2, -0.15) is 0 Å². The molecule has 5 rings (SSSR count). The summed E-state index contributed by atoms with van der Waals surface area (Å²) in [6, 6.07) is 11.4. The molecule has 1 saturated heterocycles. The lowest BCUT2D eigenvalue weighted by Crippen LogP contribution is -2.48. The van der Waals surface area contributed by atoms with Gasteiger partial charge in [0.25, 0.3) is 0 Å². The summed E-state index contributed by atoms with van der Waals surface area (Å²) in [4.78, 5) is 61.2. The first kappa shape index (κ1) is 30.2. The molecule has 228 valence electrons. The molecule has 43 heavy (non-hydrogen) atoms. The highest BCUT2D eigenvalue weighted by Gasteiger charge is 2.31. The lowest BCUT2D eigenvalue weighted by Gasteiger charge is -2.31. The van der Waals surface area contributed by atoms with E-state index in [1.165, 1.54) is 37.8 Å². The molecule has 2 fully saturated rings. The molecule has 11 heteroatoms. The average Bonchev–Trinajstić information content (AvgIpc) is 3.67. The zero-order valence-corrected chi connectivity index (χ0v) is 24.8. The highest BCUT2D eigenvalue weighted by atomic mass is 16.4. The molecule has 1 aromatic heterocycles. The van der Waals surface area contributed by atoms with Crippen LogP contribution in [-0.4, -0.2) is 76.4 Å². The average molecular weight is 589 g/mol. The molecule has 4 N–H and O–H groups in total. The quantitative estimate of drug-likeness (QED) is 0.282. The Morgan fingerprint density at radius 2 is 1.81 bits per heavy atom. The summed E-state index contributed by atoms with van der Waals surface area (Å²) in [6.07, 6.45) is 6.40. The second-order valence-corrected chi connectivity index (χ2v) is 11.9. The molecule has 2 aliphatic rings. The smallest absolute Gasteiger partial charge is 0.371 e. The Balaban J connectivity index is 1.29. The van der Waals surface area contributed by atoms with Crippen molar-refractivity contribution in [1.82, 2.24) is 20.2 Å². The van der Waals surface area contributed by atoms with E-state index in [0.29, 0.717) is 28.3 Å². The number of aromatic carboxylic acids is 1. The first-order valence-corrected chi connectivity index (χ1v) is 15.1. The fourth-order valence-electron chi connectivity index (χ4n) is 6.16. The van der Waals surface area contributed by atoms with Gasteiger partial charge in [-0.15, -0.1) is 0 Å². The van der Waals surface area contributed by atoms with Crippen LogP contribution in [0.3, 0.4) is 0 Å². The van der Waals surface area contributed by atoms with Crippen LogP contribution >= 0.6 is 0 Å². The number of hydrogen-bond acceptors (Lipinski definition) is 6. The maximum Gasteiger partial charge on any atom is 0.371 e. The number of likely N-dealkylation sites (tertiary alicyclic amines) is 1. The largest absolute Gasteiger partial charge is 0.475 e. The van der Waals surface area contributed by atoms with Gasteiger partial charge in [0.05, 0.1) is 11.0 Å². The van der Waals surface area contributed by atoms with E-state index < -0.39 is 17.9 Å². The second-order valence-electron chi connectivity index (χ2n) is 11.9. The minimum absolute atomic E-state index is 0.111. The third kappa shape index (κ3) is 7.59. The Bertz CT molecular complexity index is 1490. The summed E-state index contributed by atoms with van der Waals surface area (Å²) in [5.74, 6) is -1.51. The Morgan fingerprint density at radius 1 is 1.07 bits per heavy atom. The van der Waals surface area contributed by atoms with E-state index in [-0.39, 0.29) is 30.0 Å². The number of carbonyl (C=O) groups excluding carboxylic acids is 3. The highest BCUT2D eigenvalue weighted by Crippen LogP contribution is 2.30. The minimum atomic E-state index is -1.17. The number of carboxylic acid groups (broad SMARTS) is 1. The van der Waals surface area contributed by atoms with Crippen LogP contribution in [0.4, 0.5) is 11.4 Å². The van der Waals surface area contributed by atoms with Gasteiger partial charge in [-0.3, -0.25) is 14.4 Å². The van der Waals surface area contributed by atoms with Gasteiger partial charge < -0.3 is 30.5 Å². The van der Waals surface area contributed by atoms with Gasteiger partial charge >= 0.3 is 5.97 Å². The monoisotopic (exact) mass is 588 g/mol. The van der Waals surface area contributed by atoms with Crippen LogP contribution in [0.25, 0.3) is 11.0 Å². The molecule has 11 nitrogen and oxygen atoms in total. The summed E-state index contributed by atoms with van der Waals surface area (Å²) < 4.78 is 0. The van der Waals surface area contributed by atoms with Crippen molar-refractivity contribution in [2.75, 3.05) is 36.9 Å². The number of imidazole rings is 1. The van der Waals surface area contributed by atoms with Crippen LogP contribution in [0.5, 0.6) is 0 Å². The van der Waals surface area contributed by atoms with Gasteiger partial charge in [0, 0.05) is 44.2 Å². The molecule has 1 atom stereocenters. The Kier molecular flexibility index (Phi) is 9.40. The summed E-state index contributed by atoms with van der Waals surface area (Å²) in [5.41, 5.74) is 2.89. The second kappa shape index (κ2) is 13.4. The molecule has 1 saturated carbocycles. The van der Waals surface area contributed by atoms with Crippen LogP contribution in [-0.2, 0) is 20.8 Å². The summed E-state index contributed by atoms with van der Waals surface area (Å²) >= 11 is 0. The van der Waals surface area contributed by atoms with E-state index in [9.17, 15) is 24.3 Å². The van der Waals surface area contributed by atoms with Crippen LogP contribution in [0, 0.1) is 11.8 Å². The number of nitrogens with one attached hydrogen (secondary N) is 3. The molecule has 2 aromatic carbocycles. The summed E-state index contributed by atoms with van der Waals surface area (Å²) in [6.45, 7) is 4.95. The first-order valence-electron chi connectivity index (χ1n) is 15.1. The van der Waals surface area contributed by atoms with Gasteiger partial charge in [-0.1, -0.05) is 12.1 Å². The molecule has 2 heterocycles. The topological polar surface area (TPSA) is 148 Å². The molecule has 0 spiro atoms. The van der Waals surface area contributed by atoms with Crippen LogP contribution in [0.2, 0.25) is 0 Å². The number of hydrogen-bond donors (Lipinski definition) is 4. The van der Waals surface area contributed by atoms with Gasteiger partial charge in [-0.25, -0.2) is 9.78 Å². The van der Waals surface area contributed by atoms with Crippen LogP contribution < -0.4 is 15.5 Å². The van der Waals surface area contributed by atoms with E-state index in [0.717, 1.165) is 37.8 Å². The van der Waals surface area contributed by atoms with E-state index in [1.807, 2.05) is 24.3 Å². The van der Waals surface area contributed by atoms with E-state index in [2.05, 4.69) is 25.5 Å². The number of amides is 3. The molecule has 1 aliphatic heterocycles. The third-order valence-electron chi connectivity index (χ3n) is 8.73. The zero-order chi connectivity index (χ0) is 30.5. The number of H-pyrrole nitrogens is 1. The number of rotatable bonds is 10. The Morgan fingerprint density at radius 3 is 2.51 bits per heavy atom. The van der Waals surface area contributed by atoms with Crippen molar-refractivity contribution in [3.8, 4) is 0 Å². The molecule has 1 aliphatic carbocycles. The van der Waals surface area contributed by atoms with Crippen molar-refractivity contribution in [2.24, 2.45) is 11.8 Å². The predicted molar refractivity (Wildman–Crippen MR) is 164 cm³/mol. The van der Waals surface area contributed by atoms with Crippen LogP contribution in [0.1, 0.15) is 61.6 Å². The molecule has 0 radical (unpaired) electrons. The summed E-state index contributed by atoms with van der Waals surface area (Å²) in [5, 5.41) is 15.2. The van der Waals surface area contributed by atoms with Crippen molar-refractivity contribution in [2.45, 2.75) is 57.9 Å².